The van der Waals surface area contributed by atoms with Crippen LogP contribution in [0.1, 0.15) is 24.6 Å². The fourth-order valence-electron chi connectivity index (χ4n) is 2.43. The third kappa shape index (κ3) is 4.18. The van der Waals surface area contributed by atoms with Gasteiger partial charge in [-0.15, -0.1) is 0 Å². The first-order chi connectivity index (χ1) is 9.19. The molecule has 2 heterocycles. The second kappa shape index (κ2) is 6.87. The van der Waals surface area contributed by atoms with Crippen molar-refractivity contribution >= 4 is 5.82 Å². The number of nitrogens with one attached hydrogen (secondary N) is 1. The summed E-state index contributed by atoms with van der Waals surface area (Å²) in [4.78, 5) is 9.46. The molecule has 0 bridgehead atoms. The quantitative estimate of drug-likeness (QED) is 0.818. The van der Waals surface area contributed by atoms with Crippen molar-refractivity contribution in [2.24, 2.45) is 0 Å². The molecule has 1 aromatic heterocycles. The topological polar surface area (TPSA) is 31.4 Å². The van der Waals surface area contributed by atoms with E-state index in [1.165, 1.54) is 12.0 Å². The average Bonchev–Trinajstić information content (AvgIpc) is 2.39. The molecule has 4 heteroatoms. The van der Waals surface area contributed by atoms with Crippen LogP contribution in [0.3, 0.4) is 0 Å². The van der Waals surface area contributed by atoms with Gasteiger partial charge in [0.1, 0.15) is 5.82 Å². The predicted octanol–water partition coefficient (Wildman–Crippen LogP) is 1.64. The number of pyridine rings is 1. The molecule has 0 aromatic carbocycles. The highest BCUT2D eigenvalue weighted by molar-refractivity contribution is 5.43. The maximum atomic E-state index is 4.69. The monoisotopic (exact) mass is 262 g/mol. The lowest BCUT2D eigenvalue weighted by molar-refractivity contribution is 0.312. The Bertz CT molecular complexity index is 397. The van der Waals surface area contributed by atoms with Gasteiger partial charge in [-0.05, 0) is 44.6 Å². The van der Waals surface area contributed by atoms with Gasteiger partial charge >= 0.3 is 0 Å². The molecule has 1 aromatic rings. The number of aryl methyl sites for hydroxylation is 1. The first kappa shape index (κ1) is 14.3. The summed E-state index contributed by atoms with van der Waals surface area (Å²) in [5.41, 5.74) is 2.46. The number of rotatable bonds is 5. The van der Waals surface area contributed by atoms with Gasteiger partial charge in [0, 0.05) is 38.4 Å². The van der Waals surface area contributed by atoms with Crippen molar-refractivity contribution in [1.29, 1.82) is 0 Å². The summed E-state index contributed by atoms with van der Waals surface area (Å²) in [6.07, 6.45) is 1.18. The molecule has 0 saturated carbocycles. The molecule has 2 rings (SSSR count). The number of piperazine rings is 1. The lowest BCUT2D eigenvalue weighted by Crippen LogP contribution is -2.44. The van der Waals surface area contributed by atoms with Crippen molar-refractivity contribution in [2.45, 2.75) is 26.8 Å². The van der Waals surface area contributed by atoms with Crippen molar-refractivity contribution in [3.05, 3.63) is 23.4 Å². The SMILES string of the molecule is CCCNCc1cc(C)nc(N2CCN(C)CC2)c1. The van der Waals surface area contributed by atoms with E-state index < -0.39 is 0 Å². The average molecular weight is 262 g/mol. The molecule has 0 spiro atoms. The Morgan fingerprint density at radius 2 is 1.95 bits per heavy atom. The molecule has 0 atom stereocenters. The molecule has 0 unspecified atom stereocenters. The molecule has 4 nitrogen and oxygen atoms in total. The summed E-state index contributed by atoms with van der Waals surface area (Å²) in [5, 5.41) is 3.46. The summed E-state index contributed by atoms with van der Waals surface area (Å²) >= 11 is 0. The minimum atomic E-state index is 0.942. The van der Waals surface area contributed by atoms with Gasteiger partial charge < -0.3 is 15.1 Å². The number of hydrogen-bond acceptors (Lipinski definition) is 4. The van der Waals surface area contributed by atoms with Crippen LogP contribution in [0.2, 0.25) is 0 Å². The van der Waals surface area contributed by atoms with Gasteiger partial charge in [0.2, 0.25) is 0 Å². The zero-order chi connectivity index (χ0) is 13.7. The molecule has 0 radical (unpaired) electrons. The highest BCUT2D eigenvalue weighted by Gasteiger charge is 2.15. The molecule has 0 amide bonds. The van der Waals surface area contributed by atoms with Gasteiger partial charge in [-0.2, -0.15) is 0 Å². The van der Waals surface area contributed by atoms with Gasteiger partial charge in [-0.3, -0.25) is 0 Å². The third-order valence-corrected chi connectivity index (χ3v) is 3.58. The van der Waals surface area contributed by atoms with E-state index in [4.69, 9.17) is 4.98 Å². The van der Waals surface area contributed by atoms with Gasteiger partial charge in [0.05, 0.1) is 0 Å². The van der Waals surface area contributed by atoms with Gasteiger partial charge in [0.25, 0.3) is 0 Å². The van der Waals surface area contributed by atoms with Crippen LogP contribution >= 0.6 is 0 Å². The molecule has 1 N–H and O–H groups in total. The number of likely N-dealkylation sites (N-methyl/N-ethyl adjacent to an activating group) is 1. The number of nitrogens with zero attached hydrogens (tertiary/aromatic N) is 3. The van der Waals surface area contributed by atoms with Crippen molar-refractivity contribution in [3.8, 4) is 0 Å². The van der Waals surface area contributed by atoms with E-state index in [0.29, 0.717) is 0 Å². The number of anilines is 1. The fourth-order valence-corrected chi connectivity index (χ4v) is 2.43. The normalized spacial score (nSPS) is 16.9. The summed E-state index contributed by atoms with van der Waals surface area (Å²) in [5.74, 6) is 1.14. The maximum Gasteiger partial charge on any atom is 0.129 e. The molecule has 19 heavy (non-hydrogen) atoms. The molecular formula is C15H26N4. The van der Waals surface area contributed by atoms with E-state index in [2.05, 4.69) is 48.1 Å². The zero-order valence-electron chi connectivity index (χ0n) is 12.4. The van der Waals surface area contributed by atoms with E-state index >= 15 is 0 Å². The van der Waals surface area contributed by atoms with E-state index in [1.807, 2.05) is 0 Å². The second-order valence-corrected chi connectivity index (χ2v) is 5.44. The standard InChI is InChI=1S/C15H26N4/c1-4-5-16-12-14-10-13(2)17-15(11-14)19-8-6-18(3)7-9-19/h10-11,16H,4-9,12H2,1-3H3. The summed E-state index contributed by atoms with van der Waals surface area (Å²) < 4.78 is 0. The van der Waals surface area contributed by atoms with Gasteiger partial charge in [-0.25, -0.2) is 4.98 Å². The molecular weight excluding hydrogens is 236 g/mol. The molecule has 0 aliphatic carbocycles. The summed E-state index contributed by atoms with van der Waals surface area (Å²) in [6, 6.07) is 4.42. The molecule has 1 saturated heterocycles. The maximum absolute atomic E-state index is 4.69. The van der Waals surface area contributed by atoms with Gasteiger partial charge in [-0.1, -0.05) is 6.92 Å². The molecule has 1 aliphatic rings. The Morgan fingerprint density at radius 1 is 1.21 bits per heavy atom. The Morgan fingerprint density at radius 3 is 2.63 bits per heavy atom. The van der Waals surface area contributed by atoms with Crippen LogP contribution in [0.5, 0.6) is 0 Å². The van der Waals surface area contributed by atoms with Crippen molar-refractivity contribution in [3.63, 3.8) is 0 Å². The third-order valence-electron chi connectivity index (χ3n) is 3.58. The van der Waals surface area contributed by atoms with Crippen LogP contribution in [0, 0.1) is 6.92 Å². The van der Waals surface area contributed by atoms with Crippen molar-refractivity contribution in [1.82, 2.24) is 15.2 Å². The first-order valence-corrected chi connectivity index (χ1v) is 7.31. The van der Waals surface area contributed by atoms with Crippen LogP contribution in [0.4, 0.5) is 5.82 Å². The highest BCUT2D eigenvalue weighted by atomic mass is 15.3. The summed E-state index contributed by atoms with van der Waals surface area (Å²) in [7, 11) is 2.18. The zero-order valence-corrected chi connectivity index (χ0v) is 12.4. The minimum absolute atomic E-state index is 0.942. The van der Waals surface area contributed by atoms with E-state index in [0.717, 1.165) is 50.8 Å². The van der Waals surface area contributed by atoms with Crippen LogP contribution in [0.25, 0.3) is 0 Å². The predicted molar refractivity (Wildman–Crippen MR) is 80.7 cm³/mol. The van der Waals surface area contributed by atoms with Crippen LogP contribution in [0.15, 0.2) is 12.1 Å². The molecule has 1 aliphatic heterocycles. The van der Waals surface area contributed by atoms with Gasteiger partial charge in [0.15, 0.2) is 0 Å². The Hall–Kier alpha value is -1.13. The minimum Gasteiger partial charge on any atom is -0.354 e. The first-order valence-electron chi connectivity index (χ1n) is 7.31. The largest absolute Gasteiger partial charge is 0.354 e. The second-order valence-electron chi connectivity index (χ2n) is 5.44. The van der Waals surface area contributed by atoms with E-state index in [-0.39, 0.29) is 0 Å². The highest BCUT2D eigenvalue weighted by Crippen LogP contribution is 2.16. The smallest absolute Gasteiger partial charge is 0.129 e. The number of hydrogen-bond donors (Lipinski definition) is 1. The van der Waals surface area contributed by atoms with Crippen molar-refractivity contribution < 1.29 is 0 Å². The van der Waals surface area contributed by atoms with Crippen molar-refractivity contribution in [2.75, 3.05) is 44.7 Å². The molecule has 106 valence electrons. The molecule has 1 fully saturated rings. The van der Waals surface area contributed by atoms with Crippen LogP contribution in [-0.4, -0.2) is 49.7 Å². The Kier molecular flexibility index (Phi) is 5.16. The van der Waals surface area contributed by atoms with E-state index in [9.17, 15) is 0 Å². The van der Waals surface area contributed by atoms with Crippen LogP contribution in [-0.2, 0) is 6.54 Å². The van der Waals surface area contributed by atoms with E-state index in [1.54, 1.807) is 0 Å². The summed E-state index contributed by atoms with van der Waals surface area (Å²) in [6.45, 7) is 10.7. The Balaban J connectivity index is 2.03. The fraction of sp³-hybridized carbons (Fsp3) is 0.667. The lowest BCUT2D eigenvalue weighted by atomic mass is 10.2. The lowest BCUT2D eigenvalue weighted by Gasteiger charge is -2.33. The van der Waals surface area contributed by atoms with Crippen LogP contribution < -0.4 is 10.2 Å². The number of aromatic nitrogens is 1. The Labute approximate surface area is 116 Å².